The number of nitrogens with one attached hydrogen (secondary N) is 3. The number of nitriles is 1. The molecule has 9 nitrogen and oxygen atoms in total. The van der Waals surface area contributed by atoms with Crippen molar-refractivity contribution in [3.8, 4) is 11.8 Å². The summed E-state index contributed by atoms with van der Waals surface area (Å²) in [7, 11) is -0.550. The largest absolute Gasteiger partial charge is 0.494 e. The maximum atomic E-state index is 11.5. The number of aromatic amines is 1. The summed E-state index contributed by atoms with van der Waals surface area (Å²) in [4.78, 5) is 26.5. The topological polar surface area (TPSA) is 122 Å². The Morgan fingerprint density at radius 1 is 1.22 bits per heavy atom. The van der Waals surface area contributed by atoms with E-state index >= 15 is 0 Å². The van der Waals surface area contributed by atoms with Crippen LogP contribution < -0.4 is 20.7 Å². The van der Waals surface area contributed by atoms with Gasteiger partial charge in [-0.1, -0.05) is 6.42 Å². The molecule has 10 heteroatoms. The number of rotatable bonds is 8. The molecule has 6 rings (SSSR count). The second kappa shape index (κ2) is 9.51. The molecule has 4 N–H and O–H groups in total. The van der Waals surface area contributed by atoms with Crippen molar-refractivity contribution in [2.45, 2.75) is 38.1 Å². The molecule has 0 atom stereocenters. The van der Waals surface area contributed by atoms with Gasteiger partial charge in [0.1, 0.15) is 40.9 Å². The molecule has 36 heavy (non-hydrogen) atoms. The number of anilines is 3. The number of methoxy groups -OCH3 is 1. The second-order valence-electron chi connectivity index (χ2n) is 10.3. The molecular formula is C26H33N7O2P+. The lowest BCUT2D eigenvalue weighted by Gasteiger charge is -2.32. The molecule has 2 saturated carbocycles. The molecule has 3 aromatic rings. The molecular weight excluding hydrogens is 473 g/mol. The van der Waals surface area contributed by atoms with Crippen LogP contribution in [0.4, 0.5) is 17.5 Å². The summed E-state index contributed by atoms with van der Waals surface area (Å²) in [5.41, 5.74) is 1.87. The average Bonchev–Trinajstić information content (AvgIpc) is 3.63. The van der Waals surface area contributed by atoms with E-state index in [-0.39, 0.29) is 0 Å². The Morgan fingerprint density at radius 2 is 2.03 bits per heavy atom. The first-order chi connectivity index (χ1) is 17.6. The molecule has 0 unspecified atom stereocenters. The number of benzene rings is 1. The zero-order valence-corrected chi connectivity index (χ0v) is 21.5. The highest BCUT2D eigenvalue weighted by Crippen LogP contribution is 2.56. The lowest BCUT2D eigenvalue weighted by Crippen LogP contribution is -2.40. The summed E-state index contributed by atoms with van der Waals surface area (Å²) < 4.78 is 5.72. The van der Waals surface area contributed by atoms with Crippen LogP contribution in [0, 0.1) is 17.2 Å². The van der Waals surface area contributed by atoms with Crippen LogP contribution in [0.2, 0.25) is 0 Å². The zero-order valence-electron chi connectivity index (χ0n) is 20.6. The average molecular weight is 507 g/mol. The molecule has 2 aromatic heterocycles. The van der Waals surface area contributed by atoms with Gasteiger partial charge >= 0.3 is 0 Å². The van der Waals surface area contributed by atoms with Gasteiger partial charge in [0, 0.05) is 37.9 Å². The fourth-order valence-electron chi connectivity index (χ4n) is 5.28. The molecule has 2 aliphatic carbocycles. The third kappa shape index (κ3) is 4.50. The summed E-state index contributed by atoms with van der Waals surface area (Å²) in [6.45, 7) is 2.78. The quantitative estimate of drug-likeness (QED) is 0.340. The minimum atomic E-state index is -2.19. The summed E-state index contributed by atoms with van der Waals surface area (Å²) in [5.74, 6) is 2.38. The smallest absolute Gasteiger partial charge is 0.231 e. The van der Waals surface area contributed by atoms with Gasteiger partial charge in [0.15, 0.2) is 7.49 Å². The fraction of sp³-hybridized carbons (Fsp3) is 0.500. The van der Waals surface area contributed by atoms with Crippen molar-refractivity contribution in [1.29, 1.82) is 5.26 Å². The third-order valence-electron chi connectivity index (χ3n) is 7.92. The van der Waals surface area contributed by atoms with Gasteiger partial charge in [-0.15, -0.1) is 0 Å². The van der Waals surface area contributed by atoms with Crippen LogP contribution in [0.25, 0.3) is 11.0 Å². The Bertz CT molecular complexity index is 1300. The van der Waals surface area contributed by atoms with Crippen LogP contribution in [-0.4, -0.2) is 69.9 Å². The van der Waals surface area contributed by atoms with Gasteiger partial charge in [0.25, 0.3) is 0 Å². The number of H-pyrrole nitrogens is 1. The van der Waals surface area contributed by atoms with Gasteiger partial charge in [-0.2, -0.15) is 15.2 Å². The van der Waals surface area contributed by atoms with Crippen molar-refractivity contribution in [2.24, 2.45) is 5.92 Å². The van der Waals surface area contributed by atoms with Crippen molar-refractivity contribution >= 4 is 41.3 Å². The number of ether oxygens (including phenoxy) is 1. The summed E-state index contributed by atoms with van der Waals surface area (Å²) in [6.07, 6.45) is 9.67. The van der Waals surface area contributed by atoms with Crippen molar-refractivity contribution in [3.05, 3.63) is 30.0 Å². The van der Waals surface area contributed by atoms with E-state index in [9.17, 15) is 10.2 Å². The van der Waals surface area contributed by atoms with Crippen LogP contribution in [0.15, 0.2) is 24.4 Å². The highest BCUT2D eigenvalue weighted by molar-refractivity contribution is 7.77. The predicted octanol–water partition coefficient (Wildman–Crippen LogP) is 3.82. The minimum Gasteiger partial charge on any atom is -0.494 e. The summed E-state index contributed by atoms with van der Waals surface area (Å²) in [5, 5.41) is 18.0. The molecule has 0 amide bonds. The zero-order chi connectivity index (χ0) is 24.7. The monoisotopic (exact) mass is 506 g/mol. The first-order valence-electron chi connectivity index (χ1n) is 12.9. The molecule has 188 valence electrons. The number of hydrogen-bond acceptors (Lipinski definition) is 8. The van der Waals surface area contributed by atoms with Crippen LogP contribution in [0.3, 0.4) is 0 Å². The number of aromatic nitrogens is 3. The Morgan fingerprint density at radius 3 is 2.69 bits per heavy atom. The number of nitrogens with zero attached hydrogens (tertiary/aromatic N) is 4. The van der Waals surface area contributed by atoms with E-state index in [4.69, 9.17) is 9.72 Å². The van der Waals surface area contributed by atoms with Gasteiger partial charge in [-0.3, -0.25) is 4.90 Å². The standard InChI is InChI=1S/C26H33N7O2P/c1-35-22-13-20(36(34)11-9-33(10-12-36)19-5-6-19)7-8-21(22)30-26-31-24(28-15-17-3-2-4-17)23-18(14-27)16-29-25(23)32-26/h7-8,13,16-17,19,34H,2-6,9-12,15H2,1H3,(H3,28,29,30,31,32)/q+1. The first-order valence-corrected chi connectivity index (χ1v) is 15.0. The SMILES string of the molecule is COc1cc([P+]2(O)CCN(C3CC3)CC2)ccc1Nc1nc(NCC2CCC2)c2c(C#N)c[nH]c2n1. The van der Waals surface area contributed by atoms with Crippen molar-refractivity contribution in [3.63, 3.8) is 0 Å². The highest BCUT2D eigenvalue weighted by atomic mass is 31.2. The molecule has 3 heterocycles. The number of hydrogen-bond donors (Lipinski definition) is 4. The van der Waals surface area contributed by atoms with Crippen molar-refractivity contribution < 1.29 is 9.63 Å². The Kier molecular flexibility index (Phi) is 6.20. The van der Waals surface area contributed by atoms with E-state index in [0.29, 0.717) is 40.0 Å². The minimum absolute atomic E-state index is 0.419. The number of fused-ring (bicyclic) bond motifs is 1. The van der Waals surface area contributed by atoms with E-state index in [1.165, 1.54) is 32.1 Å². The third-order valence-corrected chi connectivity index (χ3v) is 11.0. The molecule has 1 aromatic carbocycles. The molecule has 1 saturated heterocycles. The lowest BCUT2D eigenvalue weighted by molar-refractivity contribution is 0.282. The molecule has 0 radical (unpaired) electrons. The van der Waals surface area contributed by atoms with E-state index in [0.717, 1.165) is 49.0 Å². The van der Waals surface area contributed by atoms with Gasteiger partial charge < -0.3 is 20.4 Å². The van der Waals surface area contributed by atoms with Gasteiger partial charge in [0.05, 0.1) is 23.7 Å². The Labute approximate surface area is 211 Å². The lowest BCUT2D eigenvalue weighted by atomic mass is 9.85. The maximum absolute atomic E-state index is 11.5. The van der Waals surface area contributed by atoms with Crippen LogP contribution in [0.1, 0.15) is 37.7 Å². The van der Waals surface area contributed by atoms with E-state index < -0.39 is 7.49 Å². The van der Waals surface area contributed by atoms with Crippen LogP contribution in [-0.2, 0) is 0 Å². The molecule has 3 aliphatic rings. The van der Waals surface area contributed by atoms with Gasteiger partial charge in [-0.05, 0) is 43.7 Å². The molecule has 0 spiro atoms. The van der Waals surface area contributed by atoms with Crippen LogP contribution in [0.5, 0.6) is 5.75 Å². The Hall–Kier alpha value is -2.92. The summed E-state index contributed by atoms with van der Waals surface area (Å²) in [6, 6.07) is 8.91. The van der Waals surface area contributed by atoms with Crippen molar-refractivity contribution in [2.75, 3.05) is 49.7 Å². The van der Waals surface area contributed by atoms with Gasteiger partial charge in [-0.25, -0.2) is 4.89 Å². The van der Waals surface area contributed by atoms with Crippen LogP contribution >= 0.6 is 7.49 Å². The van der Waals surface area contributed by atoms with Crippen molar-refractivity contribution in [1.82, 2.24) is 19.9 Å². The Balaban J connectivity index is 1.25. The fourth-order valence-corrected chi connectivity index (χ4v) is 7.90. The molecule has 0 bridgehead atoms. The highest BCUT2D eigenvalue weighted by Gasteiger charge is 2.45. The molecule has 3 fully saturated rings. The maximum Gasteiger partial charge on any atom is 0.231 e. The van der Waals surface area contributed by atoms with Gasteiger partial charge in [0.2, 0.25) is 5.95 Å². The summed E-state index contributed by atoms with van der Waals surface area (Å²) >= 11 is 0. The first kappa shape index (κ1) is 23.5. The normalized spacial score (nSPS) is 20.0. The molecule has 1 aliphatic heterocycles. The predicted molar refractivity (Wildman–Crippen MR) is 144 cm³/mol. The van der Waals surface area contributed by atoms with E-state index in [1.807, 2.05) is 18.2 Å². The second-order valence-corrected chi connectivity index (χ2v) is 13.5. The van der Waals surface area contributed by atoms with E-state index in [2.05, 4.69) is 31.6 Å². The van der Waals surface area contributed by atoms with E-state index in [1.54, 1.807) is 13.3 Å².